The van der Waals surface area contributed by atoms with Crippen LogP contribution in [0.3, 0.4) is 0 Å². The van der Waals surface area contributed by atoms with Crippen molar-refractivity contribution in [3.8, 4) is 22.6 Å². The first-order valence-corrected chi connectivity index (χ1v) is 9.03. The molecule has 1 aromatic heterocycles. The highest BCUT2D eigenvalue weighted by Crippen LogP contribution is 2.37. The second-order valence-electron chi connectivity index (χ2n) is 6.46. The number of fused-ring (bicyclic) bond motifs is 1. The molecule has 6 heteroatoms. The molecule has 0 atom stereocenters. The summed E-state index contributed by atoms with van der Waals surface area (Å²) in [6.45, 7) is 0.395. The van der Waals surface area contributed by atoms with Crippen LogP contribution in [0.25, 0.3) is 22.0 Å². The predicted octanol–water partition coefficient (Wildman–Crippen LogP) is 5.43. The molecule has 1 heterocycles. The van der Waals surface area contributed by atoms with Gasteiger partial charge in [-0.05, 0) is 41.5 Å². The first-order valence-electron chi connectivity index (χ1n) is 9.03. The number of hydrogen-bond donors (Lipinski definition) is 2. The number of hydrogen-bond acceptors (Lipinski definition) is 5. The van der Waals surface area contributed by atoms with E-state index < -0.39 is 5.82 Å². The molecule has 0 bridgehead atoms. The number of aromatic nitrogens is 1. The van der Waals surface area contributed by atoms with Crippen molar-refractivity contribution >= 4 is 16.6 Å². The van der Waals surface area contributed by atoms with Gasteiger partial charge in [0.1, 0.15) is 12.4 Å². The molecule has 0 aliphatic rings. The van der Waals surface area contributed by atoms with Gasteiger partial charge in [-0.3, -0.25) is 15.7 Å². The Morgan fingerprint density at radius 3 is 2.52 bits per heavy atom. The van der Waals surface area contributed by atoms with E-state index in [9.17, 15) is 4.39 Å². The minimum Gasteiger partial charge on any atom is -0.493 e. The quantitative estimate of drug-likeness (QED) is 0.430. The van der Waals surface area contributed by atoms with Crippen molar-refractivity contribution < 1.29 is 19.1 Å². The van der Waals surface area contributed by atoms with Crippen molar-refractivity contribution in [2.24, 2.45) is 0 Å². The first-order chi connectivity index (χ1) is 14.2. The fraction of sp³-hybridized carbons (Fsp3) is 0.0870. The molecule has 0 saturated heterocycles. The van der Waals surface area contributed by atoms with Crippen molar-refractivity contribution in [1.82, 2.24) is 4.98 Å². The highest BCUT2D eigenvalue weighted by Gasteiger charge is 2.14. The largest absolute Gasteiger partial charge is 0.493 e. The summed E-state index contributed by atoms with van der Waals surface area (Å²) >= 11 is 0. The standard InChI is InChI=1S/C23H19FN2O3/c1-28-22-12-19-17(18-8-7-16(26-27)11-20(18)24)9-10-25-21(19)13-23(22)29-14-15-5-3-2-4-6-15/h2-13,26-27H,14H2,1H3. The Labute approximate surface area is 167 Å². The molecule has 0 aliphatic carbocycles. The monoisotopic (exact) mass is 390 g/mol. The lowest BCUT2D eigenvalue weighted by Gasteiger charge is -2.14. The van der Waals surface area contributed by atoms with Crippen molar-refractivity contribution in [2.45, 2.75) is 6.61 Å². The number of nitrogens with one attached hydrogen (secondary N) is 1. The third-order valence-electron chi connectivity index (χ3n) is 4.65. The predicted molar refractivity (Wildman–Crippen MR) is 110 cm³/mol. The number of benzene rings is 3. The summed E-state index contributed by atoms with van der Waals surface area (Å²) in [5.41, 5.74) is 5.00. The minimum atomic E-state index is -0.458. The SMILES string of the molecule is COc1cc2c(-c3ccc(NO)cc3F)ccnc2cc1OCc1ccccc1. The van der Waals surface area contributed by atoms with E-state index in [-0.39, 0.29) is 5.69 Å². The molecule has 3 aromatic carbocycles. The average Bonchev–Trinajstić information content (AvgIpc) is 2.77. The minimum absolute atomic E-state index is 0.277. The number of pyridine rings is 1. The van der Waals surface area contributed by atoms with Crippen molar-refractivity contribution in [1.29, 1.82) is 0 Å². The Hall–Kier alpha value is -3.64. The second kappa shape index (κ2) is 8.16. The summed E-state index contributed by atoms with van der Waals surface area (Å²) in [5.74, 6) is 0.644. The molecule has 0 saturated carbocycles. The zero-order chi connectivity index (χ0) is 20.2. The van der Waals surface area contributed by atoms with E-state index in [0.717, 1.165) is 10.9 Å². The van der Waals surface area contributed by atoms with Gasteiger partial charge in [-0.1, -0.05) is 30.3 Å². The highest BCUT2D eigenvalue weighted by atomic mass is 19.1. The summed E-state index contributed by atoms with van der Waals surface area (Å²) in [4.78, 5) is 4.41. The van der Waals surface area contributed by atoms with Crippen LogP contribution in [0, 0.1) is 5.82 Å². The number of rotatable bonds is 6. The molecular weight excluding hydrogens is 371 g/mol. The van der Waals surface area contributed by atoms with Crippen LogP contribution in [0.15, 0.2) is 72.9 Å². The number of halogens is 1. The lowest BCUT2D eigenvalue weighted by Crippen LogP contribution is -1.98. The summed E-state index contributed by atoms with van der Waals surface area (Å²) < 4.78 is 26.1. The van der Waals surface area contributed by atoms with E-state index in [0.29, 0.717) is 34.7 Å². The Bertz CT molecular complexity index is 1150. The first kappa shape index (κ1) is 18.7. The topological polar surface area (TPSA) is 63.6 Å². The van der Waals surface area contributed by atoms with E-state index in [2.05, 4.69) is 4.98 Å². The summed E-state index contributed by atoms with van der Waals surface area (Å²) in [7, 11) is 1.56. The normalized spacial score (nSPS) is 10.7. The fourth-order valence-electron chi connectivity index (χ4n) is 3.20. The van der Waals surface area contributed by atoms with Crippen molar-refractivity contribution in [3.63, 3.8) is 0 Å². The second-order valence-corrected chi connectivity index (χ2v) is 6.46. The molecule has 146 valence electrons. The van der Waals surface area contributed by atoms with Crippen LogP contribution in [-0.4, -0.2) is 17.3 Å². The van der Waals surface area contributed by atoms with Gasteiger partial charge >= 0.3 is 0 Å². The number of methoxy groups -OCH3 is 1. The third kappa shape index (κ3) is 3.83. The van der Waals surface area contributed by atoms with Gasteiger partial charge < -0.3 is 9.47 Å². The molecular formula is C23H19FN2O3. The van der Waals surface area contributed by atoms with Crippen LogP contribution >= 0.6 is 0 Å². The fourth-order valence-corrected chi connectivity index (χ4v) is 3.20. The molecule has 0 radical (unpaired) electrons. The van der Waals surface area contributed by atoms with Gasteiger partial charge in [0.05, 0.1) is 18.3 Å². The van der Waals surface area contributed by atoms with Crippen LogP contribution < -0.4 is 15.0 Å². The third-order valence-corrected chi connectivity index (χ3v) is 4.65. The molecule has 2 N–H and O–H groups in total. The van der Waals surface area contributed by atoms with Gasteiger partial charge in [-0.25, -0.2) is 4.39 Å². The van der Waals surface area contributed by atoms with Crippen molar-refractivity contribution in [2.75, 3.05) is 12.6 Å². The highest BCUT2D eigenvalue weighted by molar-refractivity contribution is 5.96. The van der Waals surface area contributed by atoms with E-state index in [1.807, 2.05) is 35.8 Å². The maximum atomic E-state index is 14.6. The summed E-state index contributed by atoms with van der Waals surface area (Å²) in [6.07, 6.45) is 1.63. The van der Waals surface area contributed by atoms with Crippen LogP contribution in [0.5, 0.6) is 11.5 Å². The number of anilines is 1. The van der Waals surface area contributed by atoms with E-state index in [1.165, 1.54) is 6.07 Å². The molecule has 5 nitrogen and oxygen atoms in total. The maximum absolute atomic E-state index is 14.6. The van der Waals surface area contributed by atoms with Crippen LogP contribution in [0.1, 0.15) is 5.56 Å². The maximum Gasteiger partial charge on any atom is 0.163 e. The number of nitrogens with zero attached hydrogens (tertiary/aromatic N) is 1. The Kier molecular flexibility index (Phi) is 5.27. The van der Waals surface area contributed by atoms with Gasteiger partial charge in [-0.2, -0.15) is 0 Å². The lowest BCUT2D eigenvalue weighted by molar-refractivity contribution is 0.285. The summed E-state index contributed by atoms with van der Waals surface area (Å²) in [5, 5.41) is 9.71. The zero-order valence-electron chi connectivity index (χ0n) is 15.7. The Morgan fingerprint density at radius 2 is 1.79 bits per heavy atom. The van der Waals surface area contributed by atoms with E-state index >= 15 is 0 Å². The zero-order valence-corrected chi connectivity index (χ0v) is 15.7. The molecule has 0 spiro atoms. The molecule has 0 amide bonds. The van der Waals surface area contributed by atoms with Gasteiger partial charge in [0.2, 0.25) is 0 Å². The average molecular weight is 390 g/mol. The summed E-state index contributed by atoms with van der Waals surface area (Å²) in [6, 6.07) is 19.6. The van der Waals surface area contributed by atoms with Crippen LogP contribution in [-0.2, 0) is 6.61 Å². The molecule has 0 fully saturated rings. The molecule has 4 aromatic rings. The smallest absolute Gasteiger partial charge is 0.163 e. The van der Waals surface area contributed by atoms with Crippen LogP contribution in [0.4, 0.5) is 10.1 Å². The van der Waals surface area contributed by atoms with Crippen molar-refractivity contribution in [3.05, 3.63) is 84.3 Å². The molecule has 0 unspecified atom stereocenters. The van der Waals surface area contributed by atoms with Gasteiger partial charge in [-0.15, -0.1) is 0 Å². The van der Waals surface area contributed by atoms with Gasteiger partial charge in [0.25, 0.3) is 0 Å². The van der Waals surface area contributed by atoms with E-state index in [1.54, 1.807) is 43.6 Å². The van der Waals surface area contributed by atoms with Gasteiger partial charge in [0, 0.05) is 23.2 Å². The number of ether oxygens (including phenoxy) is 2. The van der Waals surface area contributed by atoms with E-state index in [4.69, 9.17) is 14.7 Å². The molecule has 4 rings (SSSR count). The van der Waals surface area contributed by atoms with Gasteiger partial charge in [0.15, 0.2) is 11.5 Å². The Morgan fingerprint density at radius 1 is 0.966 bits per heavy atom. The molecule has 29 heavy (non-hydrogen) atoms. The molecule has 0 aliphatic heterocycles. The van der Waals surface area contributed by atoms with Crippen LogP contribution in [0.2, 0.25) is 0 Å². The Balaban J connectivity index is 1.75. The lowest BCUT2D eigenvalue weighted by atomic mass is 10.00.